The molecule has 0 saturated carbocycles. The van der Waals surface area contributed by atoms with Crippen LogP contribution in [-0.4, -0.2) is 35.9 Å². The van der Waals surface area contributed by atoms with Gasteiger partial charge >= 0.3 is 0 Å². The van der Waals surface area contributed by atoms with E-state index >= 15 is 0 Å². The topological polar surface area (TPSA) is 58.6 Å². The second kappa shape index (κ2) is 13.7. The average Bonchev–Trinajstić information content (AvgIpc) is 2.89. The van der Waals surface area contributed by atoms with E-state index in [9.17, 15) is 9.59 Å². The van der Waals surface area contributed by atoms with Crippen molar-refractivity contribution in [2.45, 2.75) is 45.7 Å². The molecular weight excluding hydrogens is 504 g/mol. The van der Waals surface area contributed by atoms with Gasteiger partial charge in [0.25, 0.3) is 5.91 Å². The summed E-state index contributed by atoms with van der Waals surface area (Å²) in [6, 6.07) is 24.7. The standard InChI is InChI=1S/C29H33BrN2O3/c1-3-17-31-29(34)26(19-23-11-7-5-8-12-23)32(20-24-13-9-6-10-14-24)28(33)21-35-27-16-15-22(4-2)18-25(27)30/h5-16,18,26H,3-4,17,19-21H2,1-2H3,(H,31,34)/t26-/m1/s1. The second-order valence-corrected chi connectivity index (χ2v) is 9.27. The van der Waals surface area contributed by atoms with Crippen LogP contribution >= 0.6 is 15.9 Å². The fourth-order valence-electron chi connectivity index (χ4n) is 3.80. The first-order valence-electron chi connectivity index (χ1n) is 12.1. The molecule has 0 bridgehead atoms. The number of carbonyl (C=O) groups excluding carboxylic acids is 2. The van der Waals surface area contributed by atoms with E-state index in [4.69, 9.17) is 4.74 Å². The molecule has 1 atom stereocenters. The van der Waals surface area contributed by atoms with Crippen LogP contribution in [0.5, 0.6) is 5.75 Å². The van der Waals surface area contributed by atoms with Crippen molar-refractivity contribution in [3.63, 3.8) is 0 Å². The van der Waals surface area contributed by atoms with Gasteiger partial charge in [-0.2, -0.15) is 0 Å². The zero-order chi connectivity index (χ0) is 25.0. The highest BCUT2D eigenvalue weighted by molar-refractivity contribution is 9.10. The van der Waals surface area contributed by atoms with Crippen molar-refractivity contribution < 1.29 is 14.3 Å². The van der Waals surface area contributed by atoms with Crippen LogP contribution in [0.15, 0.2) is 83.3 Å². The molecule has 184 valence electrons. The third kappa shape index (κ3) is 7.96. The molecule has 35 heavy (non-hydrogen) atoms. The number of benzene rings is 3. The number of ether oxygens (including phenoxy) is 1. The lowest BCUT2D eigenvalue weighted by molar-refractivity contribution is -0.142. The van der Waals surface area contributed by atoms with Gasteiger partial charge in [-0.05, 0) is 57.6 Å². The summed E-state index contributed by atoms with van der Waals surface area (Å²) in [6.45, 7) is 4.81. The fourth-order valence-corrected chi connectivity index (χ4v) is 4.34. The van der Waals surface area contributed by atoms with E-state index in [1.165, 1.54) is 5.56 Å². The third-order valence-electron chi connectivity index (χ3n) is 5.77. The van der Waals surface area contributed by atoms with Gasteiger partial charge in [-0.3, -0.25) is 9.59 Å². The van der Waals surface area contributed by atoms with Crippen LogP contribution < -0.4 is 10.1 Å². The maximum absolute atomic E-state index is 13.6. The summed E-state index contributed by atoms with van der Waals surface area (Å²) < 4.78 is 6.71. The molecule has 0 fully saturated rings. The van der Waals surface area contributed by atoms with E-state index in [-0.39, 0.29) is 18.4 Å². The highest BCUT2D eigenvalue weighted by Gasteiger charge is 2.30. The van der Waals surface area contributed by atoms with Crippen molar-refractivity contribution in [3.05, 3.63) is 100 Å². The van der Waals surface area contributed by atoms with Crippen LogP contribution in [0, 0.1) is 0 Å². The highest BCUT2D eigenvalue weighted by Crippen LogP contribution is 2.26. The van der Waals surface area contributed by atoms with Gasteiger partial charge in [0.1, 0.15) is 11.8 Å². The Morgan fingerprint density at radius 1 is 0.914 bits per heavy atom. The van der Waals surface area contributed by atoms with Crippen LogP contribution in [0.1, 0.15) is 37.0 Å². The highest BCUT2D eigenvalue weighted by atomic mass is 79.9. The van der Waals surface area contributed by atoms with Crippen LogP contribution in [0.25, 0.3) is 0 Å². The Morgan fingerprint density at radius 3 is 2.17 bits per heavy atom. The Balaban J connectivity index is 1.87. The summed E-state index contributed by atoms with van der Waals surface area (Å²) in [5.41, 5.74) is 3.13. The Kier molecular flexibility index (Phi) is 10.4. The van der Waals surface area contributed by atoms with Gasteiger partial charge in [-0.25, -0.2) is 0 Å². The lowest BCUT2D eigenvalue weighted by atomic mass is 10.0. The number of hydrogen-bond donors (Lipinski definition) is 1. The summed E-state index contributed by atoms with van der Waals surface area (Å²) in [4.78, 5) is 28.5. The van der Waals surface area contributed by atoms with E-state index < -0.39 is 6.04 Å². The minimum absolute atomic E-state index is 0.159. The van der Waals surface area contributed by atoms with Crippen molar-refractivity contribution in [2.75, 3.05) is 13.2 Å². The van der Waals surface area contributed by atoms with Crippen molar-refractivity contribution in [3.8, 4) is 5.75 Å². The second-order valence-electron chi connectivity index (χ2n) is 8.41. The number of carbonyl (C=O) groups is 2. The predicted octanol–water partition coefficient (Wildman–Crippen LogP) is 5.56. The molecule has 1 N–H and O–H groups in total. The van der Waals surface area contributed by atoms with Crippen LogP contribution in [-0.2, 0) is 29.0 Å². The number of halogens is 1. The zero-order valence-electron chi connectivity index (χ0n) is 20.4. The van der Waals surface area contributed by atoms with E-state index in [1.807, 2.05) is 85.8 Å². The molecule has 0 aromatic heterocycles. The number of nitrogens with one attached hydrogen (secondary N) is 1. The first-order valence-corrected chi connectivity index (χ1v) is 12.9. The van der Waals surface area contributed by atoms with Gasteiger partial charge in [0, 0.05) is 19.5 Å². The predicted molar refractivity (Wildman–Crippen MR) is 143 cm³/mol. The van der Waals surface area contributed by atoms with Crippen molar-refractivity contribution >= 4 is 27.7 Å². The van der Waals surface area contributed by atoms with Crippen molar-refractivity contribution in [2.24, 2.45) is 0 Å². The zero-order valence-corrected chi connectivity index (χ0v) is 22.0. The number of hydrogen-bond acceptors (Lipinski definition) is 3. The monoisotopic (exact) mass is 536 g/mol. The quantitative estimate of drug-likeness (QED) is 0.329. The molecular formula is C29H33BrN2O3. The molecule has 0 unspecified atom stereocenters. The SMILES string of the molecule is CCCNC(=O)[C@@H](Cc1ccccc1)N(Cc1ccccc1)C(=O)COc1ccc(CC)cc1Br. The molecule has 0 spiro atoms. The molecule has 0 aliphatic rings. The minimum atomic E-state index is -0.661. The van der Waals surface area contributed by atoms with Gasteiger partial charge in [0.05, 0.1) is 4.47 Å². The Hall–Kier alpha value is -3.12. The molecule has 2 amide bonds. The summed E-state index contributed by atoms with van der Waals surface area (Å²) in [7, 11) is 0. The number of aryl methyl sites for hydroxylation is 1. The molecule has 0 heterocycles. The normalized spacial score (nSPS) is 11.5. The van der Waals surface area contributed by atoms with Crippen molar-refractivity contribution in [1.82, 2.24) is 10.2 Å². The molecule has 3 aromatic carbocycles. The molecule has 3 rings (SSSR count). The molecule has 3 aromatic rings. The van der Waals surface area contributed by atoms with Gasteiger partial charge in [0.15, 0.2) is 6.61 Å². The summed E-state index contributed by atoms with van der Waals surface area (Å²) >= 11 is 3.54. The summed E-state index contributed by atoms with van der Waals surface area (Å²) in [6.07, 6.45) is 2.15. The van der Waals surface area contributed by atoms with E-state index in [0.717, 1.165) is 28.4 Å². The molecule has 0 saturated heterocycles. The van der Waals surface area contributed by atoms with Gasteiger partial charge < -0.3 is 15.0 Å². The number of amides is 2. The summed E-state index contributed by atoms with van der Waals surface area (Å²) in [5, 5.41) is 2.99. The molecule has 0 radical (unpaired) electrons. The molecule has 0 aliphatic carbocycles. The Bertz CT molecular complexity index is 1090. The van der Waals surface area contributed by atoms with Crippen LogP contribution in [0.3, 0.4) is 0 Å². The smallest absolute Gasteiger partial charge is 0.261 e. The van der Waals surface area contributed by atoms with Gasteiger partial charge in [-0.1, -0.05) is 80.6 Å². The van der Waals surface area contributed by atoms with Crippen LogP contribution in [0.4, 0.5) is 0 Å². The minimum Gasteiger partial charge on any atom is -0.483 e. The lowest BCUT2D eigenvalue weighted by Gasteiger charge is -2.31. The largest absolute Gasteiger partial charge is 0.483 e. The third-order valence-corrected chi connectivity index (χ3v) is 6.39. The maximum atomic E-state index is 13.6. The lowest BCUT2D eigenvalue weighted by Crippen LogP contribution is -2.51. The maximum Gasteiger partial charge on any atom is 0.261 e. The van der Waals surface area contributed by atoms with Gasteiger partial charge in [0.2, 0.25) is 5.91 Å². The fraction of sp³-hybridized carbons (Fsp3) is 0.310. The number of nitrogens with zero attached hydrogens (tertiary/aromatic N) is 1. The molecule has 0 aliphatic heterocycles. The first-order chi connectivity index (χ1) is 17.0. The number of rotatable bonds is 12. The Morgan fingerprint density at radius 2 is 1.57 bits per heavy atom. The molecule has 5 nitrogen and oxygen atoms in total. The van der Waals surface area contributed by atoms with E-state index in [2.05, 4.69) is 28.2 Å². The van der Waals surface area contributed by atoms with E-state index in [0.29, 0.717) is 25.3 Å². The Labute approximate surface area is 216 Å². The van der Waals surface area contributed by atoms with Crippen molar-refractivity contribution in [1.29, 1.82) is 0 Å². The van der Waals surface area contributed by atoms with Gasteiger partial charge in [-0.15, -0.1) is 0 Å². The average molecular weight is 537 g/mol. The summed E-state index contributed by atoms with van der Waals surface area (Å²) in [5.74, 6) is 0.201. The van der Waals surface area contributed by atoms with Crippen LogP contribution in [0.2, 0.25) is 0 Å². The molecule has 6 heteroatoms. The first kappa shape index (κ1) is 26.5. The van der Waals surface area contributed by atoms with E-state index in [1.54, 1.807) is 4.90 Å².